The molecular formula is C31H45NO6. The number of likely N-dealkylation sites (tertiary alicyclic amines) is 1. The van der Waals surface area contributed by atoms with Crippen LogP contribution in [0.25, 0.3) is 0 Å². The van der Waals surface area contributed by atoms with Crippen molar-refractivity contribution < 1.29 is 28.6 Å². The van der Waals surface area contributed by atoms with Crippen molar-refractivity contribution in [2.75, 3.05) is 6.54 Å². The van der Waals surface area contributed by atoms with Crippen molar-refractivity contribution in [1.29, 1.82) is 0 Å². The first-order valence-electron chi connectivity index (χ1n) is 15.2. The van der Waals surface area contributed by atoms with E-state index in [9.17, 15) is 14.4 Å². The molecule has 0 bridgehead atoms. The van der Waals surface area contributed by atoms with E-state index in [0.717, 1.165) is 45.1 Å². The van der Waals surface area contributed by atoms with E-state index < -0.39 is 0 Å². The predicted molar refractivity (Wildman–Crippen MR) is 139 cm³/mol. The standard InChI is InChI=1S/C31H45NO6/c1-16-11-26-27(32(15-16)18(3)33)17(2)30(37-26)10-8-22-21-13-25(35)23-12-20(36-19(4)34)7-9-28(23,5)24(21)14-31(22)29(30,6)38-31/h16-17,20-24,26-27H,7-15H2,1-6H3/t16-,17+,20-,21-,22-,23+,24-,26+,27-,28-,29+,30+,31-/m0/s1. The topological polar surface area (TPSA) is 85.4 Å². The van der Waals surface area contributed by atoms with Gasteiger partial charge in [-0.2, -0.15) is 0 Å². The van der Waals surface area contributed by atoms with Gasteiger partial charge in [-0.3, -0.25) is 14.4 Å². The van der Waals surface area contributed by atoms with E-state index in [1.165, 1.54) is 6.92 Å². The number of hydrogen-bond donors (Lipinski definition) is 0. The van der Waals surface area contributed by atoms with Crippen LogP contribution in [0.1, 0.15) is 92.9 Å². The summed E-state index contributed by atoms with van der Waals surface area (Å²) in [7, 11) is 0. The predicted octanol–water partition coefficient (Wildman–Crippen LogP) is 4.30. The van der Waals surface area contributed by atoms with Gasteiger partial charge in [0.2, 0.25) is 5.91 Å². The molecule has 13 atom stereocenters. The van der Waals surface area contributed by atoms with Crippen molar-refractivity contribution >= 4 is 17.7 Å². The number of hydrogen-bond acceptors (Lipinski definition) is 6. The van der Waals surface area contributed by atoms with Crippen LogP contribution < -0.4 is 0 Å². The summed E-state index contributed by atoms with van der Waals surface area (Å²) in [5, 5.41) is 0. The Morgan fingerprint density at radius 3 is 2.50 bits per heavy atom. The molecule has 0 N–H and O–H groups in total. The smallest absolute Gasteiger partial charge is 0.302 e. The summed E-state index contributed by atoms with van der Waals surface area (Å²) in [6.07, 6.45) is 6.96. The molecule has 0 radical (unpaired) electrons. The lowest BCUT2D eigenvalue weighted by Crippen LogP contribution is -2.58. The quantitative estimate of drug-likeness (QED) is 0.373. The Hall–Kier alpha value is -1.47. The zero-order chi connectivity index (χ0) is 27.0. The van der Waals surface area contributed by atoms with E-state index in [-0.39, 0.29) is 64.2 Å². The van der Waals surface area contributed by atoms with Crippen LogP contribution in [-0.2, 0) is 28.6 Å². The second kappa shape index (κ2) is 7.84. The number of piperidine rings is 1. The van der Waals surface area contributed by atoms with Crippen LogP contribution in [0.15, 0.2) is 0 Å². The van der Waals surface area contributed by atoms with Crippen LogP contribution >= 0.6 is 0 Å². The molecule has 1 amide bonds. The largest absolute Gasteiger partial charge is 0.463 e. The number of ether oxygens (including phenoxy) is 3. The van der Waals surface area contributed by atoms with E-state index >= 15 is 0 Å². The summed E-state index contributed by atoms with van der Waals surface area (Å²) < 4.78 is 19.7. The second-order valence-electron chi connectivity index (χ2n) is 14.7. The van der Waals surface area contributed by atoms with E-state index in [1.807, 2.05) is 0 Å². The molecule has 0 unspecified atom stereocenters. The van der Waals surface area contributed by atoms with Crippen LogP contribution in [0.2, 0.25) is 0 Å². The first-order valence-corrected chi connectivity index (χ1v) is 15.2. The molecule has 7 fully saturated rings. The molecule has 2 spiro atoms. The van der Waals surface area contributed by atoms with Crippen molar-refractivity contribution in [1.82, 2.24) is 4.90 Å². The van der Waals surface area contributed by atoms with Crippen molar-refractivity contribution in [3.8, 4) is 0 Å². The lowest BCUT2D eigenvalue weighted by molar-refractivity contribution is -0.160. The number of carbonyl (C=O) groups is 3. The minimum atomic E-state index is -0.388. The van der Waals surface area contributed by atoms with E-state index in [2.05, 4.69) is 32.6 Å². The van der Waals surface area contributed by atoms with Gasteiger partial charge in [-0.15, -0.1) is 0 Å². The van der Waals surface area contributed by atoms with Gasteiger partial charge in [0, 0.05) is 38.6 Å². The van der Waals surface area contributed by atoms with E-state index in [1.54, 1.807) is 6.92 Å². The first kappa shape index (κ1) is 25.5. The number of epoxide rings is 1. The fraction of sp³-hybridized carbons (Fsp3) is 0.903. The third-order valence-corrected chi connectivity index (χ3v) is 13.1. The van der Waals surface area contributed by atoms with Gasteiger partial charge in [0.15, 0.2) is 0 Å². The monoisotopic (exact) mass is 527 g/mol. The number of rotatable bonds is 1. The molecule has 3 saturated heterocycles. The first-order chi connectivity index (χ1) is 17.9. The zero-order valence-corrected chi connectivity index (χ0v) is 24.0. The number of ketones is 1. The van der Waals surface area contributed by atoms with Gasteiger partial charge in [0.05, 0.1) is 12.1 Å². The molecule has 4 saturated carbocycles. The molecule has 7 aliphatic rings. The normalized spacial score (nSPS) is 56.4. The number of amides is 1. The lowest BCUT2D eigenvalue weighted by atomic mass is 9.51. The van der Waals surface area contributed by atoms with Gasteiger partial charge in [0.25, 0.3) is 0 Å². The van der Waals surface area contributed by atoms with Gasteiger partial charge in [-0.05, 0) is 81.0 Å². The molecule has 7 nitrogen and oxygen atoms in total. The number of esters is 1. The summed E-state index contributed by atoms with van der Waals surface area (Å²) in [4.78, 5) is 40.0. The van der Waals surface area contributed by atoms with E-state index in [0.29, 0.717) is 42.3 Å². The van der Waals surface area contributed by atoms with Crippen LogP contribution in [-0.4, -0.2) is 64.2 Å². The second-order valence-corrected chi connectivity index (χ2v) is 14.7. The minimum absolute atomic E-state index is 0.0347. The van der Waals surface area contributed by atoms with Gasteiger partial charge >= 0.3 is 5.97 Å². The zero-order valence-electron chi connectivity index (χ0n) is 24.0. The fourth-order valence-corrected chi connectivity index (χ4v) is 11.5. The van der Waals surface area contributed by atoms with Crippen molar-refractivity contribution in [3.05, 3.63) is 0 Å². The van der Waals surface area contributed by atoms with Crippen LogP contribution in [0.5, 0.6) is 0 Å². The Kier molecular flexibility index (Phi) is 5.26. The average molecular weight is 528 g/mol. The maximum Gasteiger partial charge on any atom is 0.302 e. The third kappa shape index (κ3) is 2.96. The molecule has 0 aromatic heterocycles. The number of Topliss-reactive ketones (excluding diaryl/α,β-unsaturated/α-hetero) is 1. The summed E-state index contributed by atoms with van der Waals surface area (Å²) in [5.41, 5.74) is -1.08. The van der Waals surface area contributed by atoms with Gasteiger partial charge in [-0.1, -0.05) is 20.8 Å². The molecule has 0 aromatic carbocycles. The third-order valence-electron chi connectivity index (χ3n) is 13.1. The van der Waals surface area contributed by atoms with Gasteiger partial charge in [-0.25, -0.2) is 0 Å². The maximum atomic E-state index is 13.6. The van der Waals surface area contributed by atoms with Gasteiger partial charge in [0.1, 0.15) is 28.7 Å². The Labute approximate surface area is 226 Å². The van der Waals surface area contributed by atoms with Crippen molar-refractivity contribution in [2.45, 2.75) is 128 Å². The van der Waals surface area contributed by atoms with E-state index in [4.69, 9.17) is 14.2 Å². The Balaban J connectivity index is 1.19. The minimum Gasteiger partial charge on any atom is -0.463 e. The van der Waals surface area contributed by atoms with Crippen molar-refractivity contribution in [2.24, 2.45) is 40.9 Å². The number of nitrogens with zero attached hydrogens (tertiary/aromatic N) is 1. The van der Waals surface area contributed by atoms with Gasteiger partial charge < -0.3 is 19.1 Å². The summed E-state index contributed by atoms with van der Waals surface area (Å²) in [6, 6.07) is 0.113. The summed E-state index contributed by atoms with van der Waals surface area (Å²) >= 11 is 0. The molecule has 3 heterocycles. The highest BCUT2D eigenvalue weighted by atomic mass is 16.7. The molecule has 7 heteroatoms. The SMILES string of the molecule is CC(=O)O[C@H]1CC[C@@]2(C)[C@H](C1)C(=O)C[C@@H]1[C@@H]2C[C@@]23O[C@]2(C)[C@]2(CC[C@@H]13)O[C@@H]1C[C@H](C)CN(C(C)=O)[C@H]1[C@H]2C. The highest BCUT2D eigenvalue weighted by Crippen LogP contribution is 2.78. The molecule has 38 heavy (non-hydrogen) atoms. The summed E-state index contributed by atoms with van der Waals surface area (Å²) in [6.45, 7) is 13.1. The van der Waals surface area contributed by atoms with Crippen LogP contribution in [0, 0.1) is 40.9 Å². The average Bonchev–Trinajstić information content (AvgIpc) is 3.20. The maximum absolute atomic E-state index is 13.6. The fourth-order valence-electron chi connectivity index (χ4n) is 11.5. The Morgan fingerprint density at radius 2 is 1.79 bits per heavy atom. The Morgan fingerprint density at radius 1 is 1.03 bits per heavy atom. The van der Waals surface area contributed by atoms with Crippen molar-refractivity contribution in [3.63, 3.8) is 0 Å². The highest BCUT2D eigenvalue weighted by molar-refractivity contribution is 5.83. The molecular weight excluding hydrogens is 482 g/mol. The molecule has 7 rings (SSSR count). The van der Waals surface area contributed by atoms with Crippen LogP contribution in [0.4, 0.5) is 0 Å². The molecule has 210 valence electrons. The highest BCUT2D eigenvalue weighted by Gasteiger charge is 2.87. The van der Waals surface area contributed by atoms with Crippen LogP contribution in [0.3, 0.4) is 0 Å². The summed E-state index contributed by atoms with van der Waals surface area (Å²) in [5.74, 6) is 2.07. The molecule has 3 aliphatic heterocycles. The number of fused-ring (bicyclic) bond motifs is 6. The molecule has 4 aliphatic carbocycles. The molecule has 0 aromatic rings. The number of carbonyl (C=O) groups excluding carboxylic acids is 3. The Bertz CT molecular complexity index is 1090. The lowest BCUT2D eigenvalue weighted by Gasteiger charge is -2.52.